The van der Waals surface area contributed by atoms with E-state index < -0.39 is 10.8 Å². The Morgan fingerprint density at radius 2 is 1.81 bits per heavy atom. The van der Waals surface area contributed by atoms with E-state index in [1.54, 1.807) is 0 Å². The van der Waals surface area contributed by atoms with Crippen molar-refractivity contribution < 1.29 is 4.21 Å². The molecule has 1 fully saturated rings. The van der Waals surface area contributed by atoms with Gasteiger partial charge in [-0.1, -0.05) is 32.4 Å². The number of benzene rings is 1. The molecule has 0 radical (unpaired) electrons. The zero-order valence-electron chi connectivity index (χ0n) is 13.4. The van der Waals surface area contributed by atoms with Gasteiger partial charge in [0.25, 0.3) is 0 Å². The van der Waals surface area contributed by atoms with Crippen LogP contribution in [-0.4, -0.2) is 22.5 Å². The molecule has 4 heteroatoms. The molecule has 1 aromatic carbocycles. The van der Waals surface area contributed by atoms with Crippen LogP contribution in [0.3, 0.4) is 0 Å². The monoisotopic (exact) mass is 327 g/mol. The topological polar surface area (TPSA) is 29.1 Å². The van der Waals surface area contributed by atoms with Gasteiger partial charge in [0.05, 0.1) is 16.0 Å². The fourth-order valence-corrected chi connectivity index (χ4v) is 5.08. The van der Waals surface area contributed by atoms with Crippen LogP contribution in [0, 0.1) is 11.3 Å². The molecule has 0 amide bonds. The van der Waals surface area contributed by atoms with Crippen LogP contribution < -0.4 is 5.32 Å². The number of nitrogens with one attached hydrogen (secondary N) is 1. The number of rotatable bonds is 3. The average Bonchev–Trinajstić information content (AvgIpc) is 2.45. The van der Waals surface area contributed by atoms with Crippen molar-refractivity contribution >= 4 is 22.4 Å². The molecule has 0 heterocycles. The Balaban J connectivity index is 2.20. The highest BCUT2D eigenvalue weighted by atomic mass is 35.5. The van der Waals surface area contributed by atoms with Gasteiger partial charge in [0.2, 0.25) is 0 Å². The molecule has 0 saturated heterocycles. The van der Waals surface area contributed by atoms with Crippen molar-refractivity contribution in [2.75, 3.05) is 7.05 Å². The minimum Gasteiger partial charge on any atom is -0.316 e. The maximum Gasteiger partial charge on any atom is 0.0576 e. The van der Waals surface area contributed by atoms with Crippen molar-refractivity contribution in [1.82, 2.24) is 5.32 Å². The minimum atomic E-state index is -0.985. The standard InChI is InChI=1S/C17H26ClNOS/c1-17(2,3)12-5-10-15(19-4)16(11-12)21(20)14-8-6-13(18)7-9-14/h6-9,12,15-16,19H,5,10-11H2,1-4H3. The fraction of sp³-hybridized carbons (Fsp3) is 0.647. The second-order valence-corrected chi connectivity index (χ2v) is 9.17. The Kier molecular flexibility index (Phi) is 5.50. The molecule has 0 aromatic heterocycles. The van der Waals surface area contributed by atoms with E-state index in [0.29, 0.717) is 17.0 Å². The highest BCUT2D eigenvalue weighted by Crippen LogP contribution is 2.40. The van der Waals surface area contributed by atoms with Crippen LogP contribution in [0.5, 0.6) is 0 Å². The molecule has 0 spiro atoms. The molecule has 1 aliphatic carbocycles. The van der Waals surface area contributed by atoms with Gasteiger partial charge < -0.3 is 5.32 Å². The summed E-state index contributed by atoms with van der Waals surface area (Å²) < 4.78 is 13.0. The molecule has 2 nitrogen and oxygen atoms in total. The summed E-state index contributed by atoms with van der Waals surface area (Å²) in [7, 11) is 0.996. The van der Waals surface area contributed by atoms with E-state index in [0.717, 1.165) is 17.7 Å². The lowest BCUT2D eigenvalue weighted by Gasteiger charge is -2.41. The predicted octanol–water partition coefficient (Wildman–Crippen LogP) is 4.25. The summed E-state index contributed by atoms with van der Waals surface area (Å²) >= 11 is 5.93. The van der Waals surface area contributed by atoms with Crippen molar-refractivity contribution in [1.29, 1.82) is 0 Å². The van der Waals surface area contributed by atoms with Gasteiger partial charge in [0.1, 0.15) is 0 Å². The normalized spacial score (nSPS) is 28.3. The number of hydrogen-bond acceptors (Lipinski definition) is 2. The van der Waals surface area contributed by atoms with Crippen LogP contribution in [-0.2, 0) is 10.8 Å². The molecule has 4 unspecified atom stereocenters. The summed E-state index contributed by atoms with van der Waals surface area (Å²) in [5, 5.41) is 4.24. The third kappa shape index (κ3) is 4.08. The van der Waals surface area contributed by atoms with Gasteiger partial charge in [-0.25, -0.2) is 0 Å². The molecule has 1 saturated carbocycles. The molecule has 1 N–H and O–H groups in total. The van der Waals surface area contributed by atoms with Crippen molar-refractivity contribution in [2.24, 2.45) is 11.3 Å². The van der Waals surface area contributed by atoms with E-state index in [2.05, 4.69) is 26.1 Å². The van der Waals surface area contributed by atoms with Crippen LogP contribution in [0.25, 0.3) is 0 Å². The highest BCUT2D eigenvalue weighted by Gasteiger charge is 2.38. The second kappa shape index (κ2) is 6.80. The van der Waals surface area contributed by atoms with Crippen molar-refractivity contribution in [2.45, 2.75) is 56.2 Å². The summed E-state index contributed by atoms with van der Waals surface area (Å²) in [6, 6.07) is 7.78. The molecule has 0 aliphatic heterocycles. The summed E-state index contributed by atoms with van der Waals surface area (Å²) in [5.41, 5.74) is 0.279. The number of halogens is 1. The van der Waals surface area contributed by atoms with Gasteiger partial charge in [-0.05, 0) is 61.9 Å². The third-order valence-electron chi connectivity index (χ3n) is 4.71. The number of hydrogen-bond donors (Lipinski definition) is 1. The molecule has 118 valence electrons. The van der Waals surface area contributed by atoms with E-state index in [1.165, 1.54) is 6.42 Å². The second-order valence-electron chi connectivity index (χ2n) is 7.06. The van der Waals surface area contributed by atoms with Gasteiger partial charge in [-0.15, -0.1) is 0 Å². The quantitative estimate of drug-likeness (QED) is 0.899. The van der Waals surface area contributed by atoms with Crippen molar-refractivity contribution in [3.05, 3.63) is 29.3 Å². The van der Waals surface area contributed by atoms with Crippen molar-refractivity contribution in [3.63, 3.8) is 0 Å². The Hall–Kier alpha value is -0.380. The Bertz CT molecular complexity index is 495. The predicted molar refractivity (Wildman–Crippen MR) is 91.3 cm³/mol. The lowest BCUT2D eigenvalue weighted by molar-refractivity contribution is 0.166. The van der Waals surface area contributed by atoms with Gasteiger partial charge in [-0.3, -0.25) is 4.21 Å². The average molecular weight is 328 g/mol. The van der Waals surface area contributed by atoms with E-state index in [-0.39, 0.29) is 10.7 Å². The smallest absolute Gasteiger partial charge is 0.0576 e. The van der Waals surface area contributed by atoms with Crippen LogP contribution in [0.1, 0.15) is 40.0 Å². The summed E-state index contributed by atoms with van der Waals surface area (Å²) in [4.78, 5) is 0.888. The fourth-order valence-electron chi connectivity index (χ4n) is 3.23. The molecule has 1 aliphatic rings. The first-order chi connectivity index (χ1) is 9.82. The molecule has 21 heavy (non-hydrogen) atoms. The lowest BCUT2D eigenvalue weighted by Crippen LogP contribution is -2.46. The Morgan fingerprint density at radius 3 is 2.33 bits per heavy atom. The largest absolute Gasteiger partial charge is 0.316 e. The Morgan fingerprint density at radius 1 is 1.19 bits per heavy atom. The Labute approximate surface area is 136 Å². The molecular weight excluding hydrogens is 302 g/mol. The first-order valence-electron chi connectivity index (χ1n) is 7.66. The molecular formula is C17H26ClNOS. The zero-order chi connectivity index (χ0) is 15.6. The minimum absolute atomic E-state index is 0.175. The van der Waals surface area contributed by atoms with Crippen molar-refractivity contribution in [3.8, 4) is 0 Å². The summed E-state index contributed by atoms with van der Waals surface area (Å²) in [6.07, 6.45) is 3.33. The van der Waals surface area contributed by atoms with Gasteiger partial charge in [-0.2, -0.15) is 0 Å². The van der Waals surface area contributed by atoms with Gasteiger partial charge in [0.15, 0.2) is 0 Å². The zero-order valence-corrected chi connectivity index (χ0v) is 14.9. The molecule has 4 atom stereocenters. The van der Waals surface area contributed by atoms with Crippen LogP contribution in [0.15, 0.2) is 29.2 Å². The first kappa shape index (κ1) is 17.0. The van der Waals surface area contributed by atoms with E-state index >= 15 is 0 Å². The molecule has 2 rings (SSSR count). The maximum absolute atomic E-state index is 13.0. The van der Waals surface area contributed by atoms with E-state index in [1.807, 2.05) is 31.3 Å². The first-order valence-corrected chi connectivity index (χ1v) is 9.25. The molecule has 1 aromatic rings. The summed E-state index contributed by atoms with van der Waals surface area (Å²) in [6.45, 7) is 6.87. The third-order valence-corrected chi connectivity index (χ3v) is 6.77. The van der Waals surface area contributed by atoms with Gasteiger partial charge >= 0.3 is 0 Å². The lowest BCUT2D eigenvalue weighted by atomic mass is 9.71. The van der Waals surface area contributed by atoms with Crippen LogP contribution >= 0.6 is 11.6 Å². The molecule has 0 bridgehead atoms. The highest BCUT2D eigenvalue weighted by molar-refractivity contribution is 7.85. The SMILES string of the molecule is CNC1CCC(C(C)(C)C)CC1S(=O)c1ccc(Cl)cc1. The van der Waals surface area contributed by atoms with E-state index in [9.17, 15) is 4.21 Å². The van der Waals surface area contributed by atoms with Crippen LogP contribution in [0.2, 0.25) is 5.02 Å². The van der Waals surface area contributed by atoms with Crippen LogP contribution in [0.4, 0.5) is 0 Å². The van der Waals surface area contributed by atoms with Gasteiger partial charge in [0, 0.05) is 16.0 Å². The maximum atomic E-state index is 13.0. The van der Waals surface area contributed by atoms with E-state index in [4.69, 9.17) is 11.6 Å². The summed E-state index contributed by atoms with van der Waals surface area (Å²) in [5.74, 6) is 0.628.